The van der Waals surface area contributed by atoms with Crippen molar-refractivity contribution < 1.29 is 17.6 Å². The first-order chi connectivity index (χ1) is 9.30. The minimum Gasteiger partial charge on any atom is -0.204 e. The third kappa shape index (κ3) is 2.39. The van der Waals surface area contributed by atoms with Crippen molar-refractivity contribution in [2.75, 3.05) is 0 Å². The second kappa shape index (κ2) is 5.08. The lowest BCUT2D eigenvalue weighted by molar-refractivity contribution is 0.429. The monoisotopic (exact) mass is 284 g/mol. The Hall–Kier alpha value is -1.58. The van der Waals surface area contributed by atoms with Gasteiger partial charge in [-0.1, -0.05) is 38.7 Å². The average Bonchev–Trinajstić information content (AvgIpc) is 2.90. The Labute approximate surface area is 115 Å². The zero-order valence-electron chi connectivity index (χ0n) is 11.4. The van der Waals surface area contributed by atoms with Crippen LogP contribution in [0.25, 0.3) is 0 Å². The van der Waals surface area contributed by atoms with Crippen LogP contribution in [0.3, 0.4) is 0 Å². The molecule has 0 unspecified atom stereocenters. The van der Waals surface area contributed by atoms with Gasteiger partial charge < -0.3 is 0 Å². The maximum Gasteiger partial charge on any atom is 0.165 e. The molecule has 2 rings (SSSR count). The van der Waals surface area contributed by atoms with Gasteiger partial charge in [0.25, 0.3) is 0 Å². The normalized spacial score (nSPS) is 24.1. The molecule has 0 spiro atoms. The molecule has 0 amide bonds. The second-order valence-electron chi connectivity index (χ2n) is 5.73. The van der Waals surface area contributed by atoms with Gasteiger partial charge in [0.2, 0.25) is 0 Å². The maximum absolute atomic E-state index is 13.6. The molecule has 20 heavy (non-hydrogen) atoms. The van der Waals surface area contributed by atoms with Crippen LogP contribution >= 0.6 is 0 Å². The standard InChI is InChI=1S/C16H16F4/c1-4-5-6-10-11(16(10,2)3)7-9-14(19)12(17)8-13(18)15(9)20/h4-6,8,10-11H,1,7H2,2-3H3/t10-,11-/m1/s1. The minimum atomic E-state index is -1.35. The van der Waals surface area contributed by atoms with Gasteiger partial charge in [0.05, 0.1) is 0 Å². The van der Waals surface area contributed by atoms with Crippen LogP contribution in [0.15, 0.2) is 30.9 Å². The topological polar surface area (TPSA) is 0 Å². The van der Waals surface area contributed by atoms with Crippen LogP contribution in [0.4, 0.5) is 17.6 Å². The second-order valence-corrected chi connectivity index (χ2v) is 5.73. The zero-order valence-corrected chi connectivity index (χ0v) is 11.4. The van der Waals surface area contributed by atoms with E-state index in [9.17, 15) is 17.6 Å². The SMILES string of the molecule is C=CC=C[C@@H]1[C@@H](Cc2c(F)c(F)cc(F)c2F)C1(C)C. The quantitative estimate of drug-likeness (QED) is 0.423. The molecule has 1 aliphatic carbocycles. The number of halogens is 4. The molecular weight excluding hydrogens is 268 g/mol. The molecule has 1 aliphatic rings. The molecule has 2 atom stereocenters. The van der Waals surface area contributed by atoms with Crippen molar-refractivity contribution >= 4 is 0 Å². The molecule has 0 nitrogen and oxygen atoms in total. The van der Waals surface area contributed by atoms with E-state index >= 15 is 0 Å². The van der Waals surface area contributed by atoms with E-state index < -0.39 is 28.8 Å². The summed E-state index contributed by atoms with van der Waals surface area (Å²) < 4.78 is 53.6. The van der Waals surface area contributed by atoms with E-state index in [1.165, 1.54) is 0 Å². The minimum absolute atomic E-state index is 0.0223. The van der Waals surface area contributed by atoms with Crippen molar-refractivity contribution in [1.82, 2.24) is 0 Å². The smallest absolute Gasteiger partial charge is 0.165 e. The molecule has 0 aromatic heterocycles. The van der Waals surface area contributed by atoms with Crippen LogP contribution in [0.2, 0.25) is 0 Å². The van der Waals surface area contributed by atoms with Crippen LogP contribution in [-0.4, -0.2) is 0 Å². The number of allylic oxidation sites excluding steroid dienone is 3. The number of benzene rings is 1. The van der Waals surface area contributed by atoms with Crippen molar-refractivity contribution in [2.24, 2.45) is 17.3 Å². The first-order valence-corrected chi connectivity index (χ1v) is 6.41. The van der Waals surface area contributed by atoms with Crippen molar-refractivity contribution in [3.05, 3.63) is 59.7 Å². The van der Waals surface area contributed by atoms with Crippen LogP contribution < -0.4 is 0 Å². The molecule has 0 aliphatic heterocycles. The highest BCUT2D eigenvalue weighted by molar-refractivity contribution is 5.27. The van der Waals surface area contributed by atoms with Gasteiger partial charge in [0, 0.05) is 11.6 Å². The lowest BCUT2D eigenvalue weighted by atomic mass is 10.0. The zero-order chi connectivity index (χ0) is 15.1. The van der Waals surface area contributed by atoms with Gasteiger partial charge in [-0.05, 0) is 23.7 Å². The largest absolute Gasteiger partial charge is 0.204 e. The molecule has 4 heteroatoms. The Morgan fingerprint density at radius 2 is 1.70 bits per heavy atom. The summed E-state index contributed by atoms with van der Waals surface area (Å²) in [6.07, 6.45) is 5.27. The number of hydrogen-bond acceptors (Lipinski definition) is 0. The van der Waals surface area contributed by atoms with Gasteiger partial charge in [-0.2, -0.15) is 0 Å². The molecule has 0 bridgehead atoms. The fourth-order valence-corrected chi connectivity index (χ4v) is 2.78. The number of rotatable bonds is 4. The fourth-order valence-electron chi connectivity index (χ4n) is 2.78. The summed E-state index contributed by atoms with van der Waals surface area (Å²) in [5, 5.41) is 0. The summed E-state index contributed by atoms with van der Waals surface area (Å²) in [5.74, 6) is -5.23. The molecule has 0 N–H and O–H groups in total. The lowest BCUT2D eigenvalue weighted by Gasteiger charge is -2.07. The Morgan fingerprint density at radius 3 is 2.20 bits per heavy atom. The van der Waals surface area contributed by atoms with Gasteiger partial charge in [-0.15, -0.1) is 0 Å². The van der Waals surface area contributed by atoms with Gasteiger partial charge in [0.15, 0.2) is 23.3 Å². The summed E-state index contributed by atoms with van der Waals surface area (Å²) in [6.45, 7) is 7.48. The highest BCUT2D eigenvalue weighted by Gasteiger charge is 2.55. The van der Waals surface area contributed by atoms with E-state index in [1.54, 1.807) is 12.2 Å². The van der Waals surface area contributed by atoms with Crippen LogP contribution in [0, 0.1) is 40.5 Å². The third-order valence-corrected chi connectivity index (χ3v) is 4.22. The Balaban J connectivity index is 2.28. The predicted octanol–water partition coefficient (Wildman–Crippen LogP) is 4.80. The van der Waals surface area contributed by atoms with E-state index in [-0.39, 0.29) is 29.7 Å². The van der Waals surface area contributed by atoms with Crippen molar-refractivity contribution in [1.29, 1.82) is 0 Å². The average molecular weight is 284 g/mol. The van der Waals surface area contributed by atoms with Crippen LogP contribution in [-0.2, 0) is 6.42 Å². The summed E-state index contributed by atoms with van der Waals surface area (Å²) in [7, 11) is 0. The molecule has 0 radical (unpaired) electrons. The van der Waals surface area contributed by atoms with Crippen molar-refractivity contribution in [2.45, 2.75) is 20.3 Å². The highest BCUT2D eigenvalue weighted by atomic mass is 19.2. The van der Waals surface area contributed by atoms with Crippen molar-refractivity contribution in [3.63, 3.8) is 0 Å². The van der Waals surface area contributed by atoms with E-state index in [4.69, 9.17) is 0 Å². The third-order valence-electron chi connectivity index (χ3n) is 4.22. The molecule has 108 valence electrons. The van der Waals surface area contributed by atoms with Gasteiger partial charge in [-0.25, -0.2) is 17.6 Å². The highest BCUT2D eigenvalue weighted by Crippen LogP contribution is 2.60. The molecule has 1 saturated carbocycles. The molecule has 0 heterocycles. The molecule has 1 aromatic rings. The van der Waals surface area contributed by atoms with E-state index in [0.29, 0.717) is 0 Å². The molecular formula is C16H16F4. The number of hydrogen-bond donors (Lipinski definition) is 0. The molecule has 1 fully saturated rings. The van der Waals surface area contributed by atoms with E-state index in [0.717, 1.165) is 0 Å². The molecule has 0 saturated heterocycles. The summed E-state index contributed by atoms with van der Waals surface area (Å²) in [5.41, 5.74) is -0.656. The van der Waals surface area contributed by atoms with Crippen LogP contribution in [0.1, 0.15) is 19.4 Å². The van der Waals surface area contributed by atoms with Gasteiger partial charge in [-0.3, -0.25) is 0 Å². The first-order valence-electron chi connectivity index (χ1n) is 6.41. The lowest BCUT2D eigenvalue weighted by Crippen LogP contribution is -2.05. The Bertz CT molecular complexity index is 546. The predicted molar refractivity (Wildman–Crippen MR) is 70.1 cm³/mol. The Morgan fingerprint density at radius 1 is 1.15 bits per heavy atom. The van der Waals surface area contributed by atoms with Crippen molar-refractivity contribution in [3.8, 4) is 0 Å². The fraction of sp³-hybridized carbons (Fsp3) is 0.375. The van der Waals surface area contributed by atoms with E-state index in [2.05, 4.69) is 6.58 Å². The van der Waals surface area contributed by atoms with Crippen LogP contribution in [0.5, 0.6) is 0 Å². The van der Waals surface area contributed by atoms with Gasteiger partial charge >= 0.3 is 0 Å². The first kappa shape index (κ1) is 14.8. The van der Waals surface area contributed by atoms with E-state index in [1.807, 2.05) is 19.9 Å². The molecule has 1 aromatic carbocycles. The van der Waals surface area contributed by atoms with Gasteiger partial charge in [0.1, 0.15) is 0 Å². The summed E-state index contributed by atoms with van der Waals surface area (Å²) >= 11 is 0. The Kier molecular flexibility index (Phi) is 3.76. The summed E-state index contributed by atoms with van der Waals surface area (Å²) in [4.78, 5) is 0. The summed E-state index contributed by atoms with van der Waals surface area (Å²) in [6, 6.07) is 0.237. The maximum atomic E-state index is 13.6.